The summed E-state index contributed by atoms with van der Waals surface area (Å²) in [6, 6.07) is 15.1. The minimum absolute atomic E-state index is 0.0690. The lowest BCUT2D eigenvalue weighted by Crippen LogP contribution is -2.32. The molecule has 1 aromatic heterocycles. The summed E-state index contributed by atoms with van der Waals surface area (Å²) in [5, 5.41) is 7.75. The molecule has 1 aliphatic rings. The molecule has 1 unspecified atom stereocenters. The molecule has 0 spiro atoms. The molecule has 2 heterocycles. The van der Waals surface area contributed by atoms with Gasteiger partial charge in [0.15, 0.2) is 0 Å². The number of para-hydroxylation sites is 1. The highest BCUT2D eigenvalue weighted by Crippen LogP contribution is 2.31. The van der Waals surface area contributed by atoms with Crippen molar-refractivity contribution >= 4 is 11.9 Å². The largest absolute Gasteiger partial charge is 0.493 e. The SMILES string of the molecule is COC(=O)CCc1c(C)nn(-c2ccc(C(=O)NC3CCOc4ccccc43)cc2)c1C. The minimum Gasteiger partial charge on any atom is -0.493 e. The summed E-state index contributed by atoms with van der Waals surface area (Å²) >= 11 is 0. The maximum atomic E-state index is 12.9. The second-order valence-corrected chi connectivity index (χ2v) is 7.89. The van der Waals surface area contributed by atoms with Crippen molar-refractivity contribution in [1.82, 2.24) is 15.1 Å². The quantitative estimate of drug-likeness (QED) is 0.597. The van der Waals surface area contributed by atoms with Crippen LogP contribution in [0.25, 0.3) is 5.69 Å². The van der Waals surface area contributed by atoms with E-state index in [0.717, 1.165) is 40.4 Å². The molecule has 3 aromatic rings. The summed E-state index contributed by atoms with van der Waals surface area (Å²) in [5.41, 5.74) is 5.35. The Labute approximate surface area is 187 Å². The van der Waals surface area contributed by atoms with Crippen LogP contribution in [-0.2, 0) is 16.0 Å². The highest BCUT2D eigenvalue weighted by molar-refractivity contribution is 5.94. The molecule has 7 nitrogen and oxygen atoms in total. The van der Waals surface area contributed by atoms with Gasteiger partial charge in [0.2, 0.25) is 0 Å². The highest BCUT2D eigenvalue weighted by Gasteiger charge is 2.23. The number of methoxy groups -OCH3 is 1. The van der Waals surface area contributed by atoms with Crippen LogP contribution in [0.1, 0.15) is 51.8 Å². The minimum atomic E-state index is -0.237. The number of hydrogen-bond donors (Lipinski definition) is 1. The summed E-state index contributed by atoms with van der Waals surface area (Å²) in [7, 11) is 1.39. The second-order valence-electron chi connectivity index (χ2n) is 7.89. The third-order valence-corrected chi connectivity index (χ3v) is 5.89. The molecular formula is C25H27N3O4. The Hall–Kier alpha value is -3.61. The van der Waals surface area contributed by atoms with Crippen LogP contribution >= 0.6 is 0 Å². The van der Waals surface area contributed by atoms with Crippen LogP contribution in [0.15, 0.2) is 48.5 Å². The number of rotatable bonds is 6. The molecular weight excluding hydrogens is 406 g/mol. The van der Waals surface area contributed by atoms with Crippen molar-refractivity contribution in [2.24, 2.45) is 0 Å². The van der Waals surface area contributed by atoms with Gasteiger partial charge in [0, 0.05) is 29.7 Å². The monoisotopic (exact) mass is 433 g/mol. The lowest BCUT2D eigenvalue weighted by molar-refractivity contribution is -0.140. The number of nitrogens with zero attached hydrogens (tertiary/aromatic N) is 2. The van der Waals surface area contributed by atoms with Crippen molar-refractivity contribution in [3.8, 4) is 11.4 Å². The van der Waals surface area contributed by atoms with E-state index < -0.39 is 0 Å². The number of amides is 1. The zero-order valence-corrected chi connectivity index (χ0v) is 18.6. The topological polar surface area (TPSA) is 82.5 Å². The third kappa shape index (κ3) is 4.37. The first-order valence-electron chi connectivity index (χ1n) is 10.7. The summed E-state index contributed by atoms with van der Waals surface area (Å²) in [6.45, 7) is 4.50. The van der Waals surface area contributed by atoms with E-state index in [1.807, 2.05) is 54.9 Å². The number of carbonyl (C=O) groups excluding carboxylic acids is 2. The fourth-order valence-electron chi connectivity index (χ4n) is 4.10. The van der Waals surface area contributed by atoms with E-state index in [-0.39, 0.29) is 17.9 Å². The summed E-state index contributed by atoms with van der Waals surface area (Å²) in [4.78, 5) is 24.4. The van der Waals surface area contributed by atoms with Gasteiger partial charge in [0.1, 0.15) is 5.75 Å². The standard InChI is InChI=1S/C25H27N3O4/c1-16-20(12-13-24(29)31-3)17(2)28(27-16)19-10-8-18(9-11-19)25(30)26-22-14-15-32-23-7-5-4-6-21(22)23/h4-11,22H,12-15H2,1-3H3,(H,26,30). The van der Waals surface area contributed by atoms with Gasteiger partial charge in [-0.15, -0.1) is 0 Å². The van der Waals surface area contributed by atoms with Gasteiger partial charge in [-0.25, -0.2) is 4.68 Å². The van der Waals surface area contributed by atoms with E-state index in [9.17, 15) is 9.59 Å². The zero-order valence-electron chi connectivity index (χ0n) is 18.6. The lowest BCUT2D eigenvalue weighted by Gasteiger charge is -2.26. The number of hydrogen-bond acceptors (Lipinski definition) is 5. The Kier molecular flexibility index (Phi) is 6.25. The molecule has 7 heteroatoms. The van der Waals surface area contributed by atoms with Crippen LogP contribution in [0.2, 0.25) is 0 Å². The average molecular weight is 434 g/mol. The Morgan fingerprint density at radius 2 is 1.91 bits per heavy atom. The van der Waals surface area contributed by atoms with Gasteiger partial charge in [-0.3, -0.25) is 9.59 Å². The van der Waals surface area contributed by atoms with E-state index >= 15 is 0 Å². The molecule has 0 radical (unpaired) electrons. The predicted molar refractivity (Wildman–Crippen MR) is 120 cm³/mol. The molecule has 32 heavy (non-hydrogen) atoms. The number of ether oxygens (including phenoxy) is 2. The van der Waals surface area contributed by atoms with Crippen molar-refractivity contribution in [3.05, 3.63) is 76.6 Å². The third-order valence-electron chi connectivity index (χ3n) is 5.89. The van der Waals surface area contributed by atoms with Crippen molar-refractivity contribution in [1.29, 1.82) is 0 Å². The molecule has 0 fully saturated rings. The molecule has 166 valence electrons. The number of aromatic nitrogens is 2. The van der Waals surface area contributed by atoms with Crippen molar-refractivity contribution in [2.45, 2.75) is 39.2 Å². The maximum Gasteiger partial charge on any atom is 0.305 e. The van der Waals surface area contributed by atoms with Gasteiger partial charge in [0.25, 0.3) is 5.91 Å². The molecule has 2 aromatic carbocycles. The van der Waals surface area contributed by atoms with E-state index in [1.165, 1.54) is 7.11 Å². The van der Waals surface area contributed by atoms with E-state index in [1.54, 1.807) is 12.1 Å². The van der Waals surface area contributed by atoms with Crippen molar-refractivity contribution < 1.29 is 19.1 Å². The number of esters is 1. The Morgan fingerprint density at radius 1 is 1.16 bits per heavy atom. The first kappa shape index (κ1) is 21.6. The molecule has 1 amide bonds. The molecule has 0 aliphatic carbocycles. The first-order valence-corrected chi connectivity index (χ1v) is 10.7. The fraction of sp³-hybridized carbons (Fsp3) is 0.320. The van der Waals surface area contributed by atoms with Crippen molar-refractivity contribution in [3.63, 3.8) is 0 Å². The Morgan fingerprint density at radius 3 is 2.66 bits per heavy atom. The molecule has 1 atom stereocenters. The number of benzene rings is 2. The molecule has 4 rings (SSSR count). The summed E-state index contributed by atoms with van der Waals surface area (Å²) in [5.74, 6) is 0.469. The first-order chi connectivity index (χ1) is 15.5. The molecule has 0 saturated heterocycles. The van der Waals surface area contributed by atoms with E-state index in [2.05, 4.69) is 10.4 Å². The predicted octanol–water partition coefficient (Wildman–Crippen LogP) is 3.85. The number of fused-ring (bicyclic) bond motifs is 1. The van der Waals surface area contributed by atoms with Crippen LogP contribution in [-0.4, -0.2) is 35.4 Å². The normalized spacial score (nSPS) is 14.9. The van der Waals surface area contributed by atoms with Crippen LogP contribution in [0.4, 0.5) is 0 Å². The average Bonchev–Trinajstić information content (AvgIpc) is 3.10. The van der Waals surface area contributed by atoms with Gasteiger partial charge in [-0.05, 0) is 56.2 Å². The Balaban J connectivity index is 1.48. The smallest absolute Gasteiger partial charge is 0.305 e. The molecule has 0 saturated carbocycles. The van der Waals surface area contributed by atoms with Gasteiger partial charge >= 0.3 is 5.97 Å². The van der Waals surface area contributed by atoms with Crippen LogP contribution in [0, 0.1) is 13.8 Å². The van der Waals surface area contributed by atoms with E-state index in [4.69, 9.17) is 9.47 Å². The Bertz CT molecular complexity index is 1130. The summed E-state index contributed by atoms with van der Waals surface area (Å²) < 4.78 is 12.3. The van der Waals surface area contributed by atoms with E-state index in [0.29, 0.717) is 25.0 Å². The number of aryl methyl sites for hydroxylation is 1. The fourth-order valence-corrected chi connectivity index (χ4v) is 4.10. The van der Waals surface area contributed by atoms with Gasteiger partial charge in [0.05, 0.1) is 31.1 Å². The van der Waals surface area contributed by atoms with Gasteiger partial charge in [-0.1, -0.05) is 18.2 Å². The van der Waals surface area contributed by atoms with Gasteiger partial charge < -0.3 is 14.8 Å². The highest BCUT2D eigenvalue weighted by atomic mass is 16.5. The summed E-state index contributed by atoms with van der Waals surface area (Å²) in [6.07, 6.45) is 1.64. The molecule has 1 aliphatic heterocycles. The van der Waals surface area contributed by atoms with Crippen molar-refractivity contribution in [2.75, 3.05) is 13.7 Å². The van der Waals surface area contributed by atoms with Gasteiger partial charge in [-0.2, -0.15) is 5.10 Å². The molecule has 1 N–H and O–H groups in total. The number of carbonyl (C=O) groups is 2. The van der Waals surface area contributed by atoms with Crippen LogP contribution in [0.3, 0.4) is 0 Å². The van der Waals surface area contributed by atoms with Crippen LogP contribution in [0.5, 0.6) is 5.75 Å². The second kappa shape index (κ2) is 9.26. The van der Waals surface area contributed by atoms with Crippen LogP contribution < -0.4 is 10.1 Å². The lowest BCUT2D eigenvalue weighted by atomic mass is 10.00. The number of nitrogens with one attached hydrogen (secondary N) is 1. The zero-order chi connectivity index (χ0) is 22.7. The maximum absolute atomic E-state index is 12.9. The molecule has 0 bridgehead atoms.